The van der Waals surface area contributed by atoms with Crippen molar-refractivity contribution in [2.45, 2.75) is 25.5 Å². The molecule has 0 saturated carbocycles. The lowest BCUT2D eigenvalue weighted by Crippen LogP contribution is -2.20. The van der Waals surface area contributed by atoms with E-state index in [0.29, 0.717) is 0 Å². The summed E-state index contributed by atoms with van der Waals surface area (Å²) < 4.78 is 0. The topological polar surface area (TPSA) is 63.4 Å². The van der Waals surface area contributed by atoms with Crippen molar-refractivity contribution in [3.05, 3.63) is 46.0 Å². The minimum absolute atomic E-state index is 0.00315. The van der Waals surface area contributed by atoms with E-state index in [1.54, 1.807) is 0 Å². The summed E-state index contributed by atoms with van der Waals surface area (Å²) in [4.78, 5) is 9.55. The minimum atomic E-state index is -1.47. The van der Waals surface area contributed by atoms with Crippen LogP contribution in [0, 0.1) is 10.1 Å². The van der Waals surface area contributed by atoms with Crippen molar-refractivity contribution in [2.24, 2.45) is 0 Å². The van der Waals surface area contributed by atoms with Crippen molar-refractivity contribution in [3.8, 4) is 0 Å². The van der Waals surface area contributed by atoms with Gasteiger partial charge >= 0.3 is 6.23 Å². The maximum atomic E-state index is 10.2. The zero-order valence-electron chi connectivity index (χ0n) is 7.96. The summed E-state index contributed by atoms with van der Waals surface area (Å²) in [6, 6.07) is 9.45. The van der Waals surface area contributed by atoms with Gasteiger partial charge in [-0.25, -0.2) is 0 Å². The second kappa shape index (κ2) is 4.72. The Balaban J connectivity index is 2.59. The van der Waals surface area contributed by atoms with Crippen LogP contribution in [0.2, 0.25) is 0 Å². The third-order valence-electron chi connectivity index (χ3n) is 2.18. The number of aliphatic hydroxyl groups is 1. The van der Waals surface area contributed by atoms with Gasteiger partial charge in [0.05, 0.1) is 4.92 Å². The Morgan fingerprint density at radius 2 is 2.00 bits per heavy atom. The Hall–Kier alpha value is -1.42. The molecule has 0 aliphatic carbocycles. The quantitative estimate of drug-likeness (QED) is 0.452. The van der Waals surface area contributed by atoms with Crippen LogP contribution in [0.4, 0.5) is 0 Å². The molecule has 0 aliphatic rings. The maximum Gasteiger partial charge on any atom is 0.313 e. The minimum Gasteiger partial charge on any atom is -0.333 e. The van der Waals surface area contributed by atoms with Gasteiger partial charge in [0.25, 0.3) is 0 Å². The monoisotopic (exact) mass is 195 g/mol. The molecule has 1 aromatic carbocycles. The van der Waals surface area contributed by atoms with Crippen molar-refractivity contribution in [1.29, 1.82) is 0 Å². The number of hydrogen-bond donors (Lipinski definition) is 1. The molecule has 0 amide bonds. The van der Waals surface area contributed by atoms with E-state index < -0.39 is 11.2 Å². The van der Waals surface area contributed by atoms with Gasteiger partial charge in [0.1, 0.15) is 0 Å². The summed E-state index contributed by atoms with van der Waals surface area (Å²) in [5.74, 6) is -0.00315. The van der Waals surface area contributed by atoms with Crippen molar-refractivity contribution < 1.29 is 10.0 Å². The lowest BCUT2D eigenvalue weighted by Gasteiger charge is -2.11. The first kappa shape index (κ1) is 10.7. The van der Waals surface area contributed by atoms with Crippen molar-refractivity contribution in [1.82, 2.24) is 0 Å². The summed E-state index contributed by atoms with van der Waals surface area (Å²) >= 11 is 0. The standard InChI is InChI=1S/C10H13NO3/c1-8(7-10(12)11(13)14)9-5-3-2-4-6-9/h2-6,8,10,12H,7H2,1H3. The summed E-state index contributed by atoms with van der Waals surface area (Å²) in [6.45, 7) is 1.86. The lowest BCUT2D eigenvalue weighted by molar-refractivity contribution is -0.571. The van der Waals surface area contributed by atoms with Gasteiger partial charge in [0.2, 0.25) is 0 Å². The molecule has 0 saturated heterocycles. The molecule has 4 nitrogen and oxygen atoms in total. The van der Waals surface area contributed by atoms with Crippen molar-refractivity contribution in [2.75, 3.05) is 0 Å². The van der Waals surface area contributed by atoms with Gasteiger partial charge in [-0.2, -0.15) is 0 Å². The third-order valence-corrected chi connectivity index (χ3v) is 2.18. The largest absolute Gasteiger partial charge is 0.333 e. The highest BCUT2D eigenvalue weighted by atomic mass is 16.7. The van der Waals surface area contributed by atoms with E-state index in [2.05, 4.69) is 0 Å². The van der Waals surface area contributed by atoms with E-state index in [1.165, 1.54) is 0 Å². The van der Waals surface area contributed by atoms with E-state index in [1.807, 2.05) is 37.3 Å². The average Bonchev–Trinajstić information content (AvgIpc) is 2.19. The maximum absolute atomic E-state index is 10.2. The van der Waals surface area contributed by atoms with Gasteiger partial charge in [-0.3, -0.25) is 10.1 Å². The summed E-state index contributed by atoms with van der Waals surface area (Å²) in [5, 5.41) is 19.3. The Morgan fingerprint density at radius 1 is 1.43 bits per heavy atom. The zero-order chi connectivity index (χ0) is 10.6. The van der Waals surface area contributed by atoms with Crippen LogP contribution in [0.1, 0.15) is 24.8 Å². The van der Waals surface area contributed by atoms with E-state index >= 15 is 0 Å². The molecule has 0 radical (unpaired) electrons. The van der Waals surface area contributed by atoms with Crippen molar-refractivity contribution >= 4 is 0 Å². The summed E-state index contributed by atoms with van der Waals surface area (Å²) in [7, 11) is 0. The van der Waals surface area contributed by atoms with Crippen molar-refractivity contribution in [3.63, 3.8) is 0 Å². The zero-order valence-corrected chi connectivity index (χ0v) is 7.96. The Bertz CT molecular complexity index is 299. The lowest BCUT2D eigenvalue weighted by atomic mass is 9.97. The van der Waals surface area contributed by atoms with Crippen LogP contribution in [0.3, 0.4) is 0 Å². The first-order valence-corrected chi connectivity index (χ1v) is 4.47. The molecule has 0 aliphatic heterocycles. The number of nitrogens with zero attached hydrogens (tertiary/aromatic N) is 1. The third kappa shape index (κ3) is 2.81. The van der Waals surface area contributed by atoms with Crippen LogP contribution in [-0.4, -0.2) is 16.3 Å². The highest BCUT2D eigenvalue weighted by Gasteiger charge is 2.19. The van der Waals surface area contributed by atoms with Gasteiger partial charge in [-0.1, -0.05) is 37.3 Å². The van der Waals surface area contributed by atoms with Crippen LogP contribution in [0.5, 0.6) is 0 Å². The van der Waals surface area contributed by atoms with Crippen LogP contribution in [0.15, 0.2) is 30.3 Å². The summed E-state index contributed by atoms with van der Waals surface area (Å²) in [5.41, 5.74) is 1.01. The molecule has 1 aromatic rings. The Labute approximate surface area is 82.3 Å². The molecule has 76 valence electrons. The molecular formula is C10H13NO3. The smallest absolute Gasteiger partial charge is 0.313 e. The first-order valence-electron chi connectivity index (χ1n) is 4.47. The second-order valence-corrected chi connectivity index (χ2v) is 3.31. The number of aliphatic hydroxyl groups excluding tert-OH is 1. The molecule has 14 heavy (non-hydrogen) atoms. The fourth-order valence-corrected chi connectivity index (χ4v) is 1.32. The molecule has 0 heterocycles. The number of hydrogen-bond acceptors (Lipinski definition) is 3. The second-order valence-electron chi connectivity index (χ2n) is 3.31. The molecule has 2 atom stereocenters. The molecule has 0 fully saturated rings. The number of rotatable bonds is 4. The fourth-order valence-electron chi connectivity index (χ4n) is 1.32. The molecule has 0 aromatic heterocycles. The number of nitro groups is 1. The normalized spacial score (nSPS) is 14.7. The van der Waals surface area contributed by atoms with E-state index in [9.17, 15) is 10.1 Å². The molecule has 2 unspecified atom stereocenters. The van der Waals surface area contributed by atoms with Gasteiger partial charge in [-0.15, -0.1) is 0 Å². The Kier molecular flexibility index (Phi) is 3.59. The molecule has 0 bridgehead atoms. The van der Waals surface area contributed by atoms with Crippen LogP contribution in [-0.2, 0) is 0 Å². The molecule has 1 N–H and O–H groups in total. The van der Waals surface area contributed by atoms with E-state index in [-0.39, 0.29) is 12.3 Å². The highest BCUT2D eigenvalue weighted by molar-refractivity contribution is 5.18. The van der Waals surface area contributed by atoms with E-state index in [0.717, 1.165) is 5.56 Å². The summed E-state index contributed by atoms with van der Waals surface area (Å²) in [6.07, 6.45) is -1.32. The van der Waals surface area contributed by atoms with Gasteiger partial charge in [-0.05, 0) is 11.5 Å². The first-order chi connectivity index (χ1) is 6.61. The van der Waals surface area contributed by atoms with Gasteiger partial charge < -0.3 is 5.11 Å². The highest BCUT2D eigenvalue weighted by Crippen LogP contribution is 2.20. The van der Waals surface area contributed by atoms with Gasteiger partial charge in [0.15, 0.2) is 0 Å². The fraction of sp³-hybridized carbons (Fsp3) is 0.400. The molecular weight excluding hydrogens is 182 g/mol. The SMILES string of the molecule is CC(CC(O)[N+](=O)[O-])c1ccccc1. The van der Waals surface area contributed by atoms with Crippen LogP contribution in [0.25, 0.3) is 0 Å². The average molecular weight is 195 g/mol. The van der Waals surface area contributed by atoms with Crippen LogP contribution >= 0.6 is 0 Å². The predicted octanol–water partition coefficient (Wildman–Crippen LogP) is 1.78. The Morgan fingerprint density at radius 3 is 2.50 bits per heavy atom. The van der Waals surface area contributed by atoms with Crippen LogP contribution < -0.4 is 0 Å². The van der Waals surface area contributed by atoms with E-state index in [4.69, 9.17) is 5.11 Å². The molecule has 1 rings (SSSR count). The number of benzene rings is 1. The molecule has 4 heteroatoms. The molecule has 0 spiro atoms. The predicted molar refractivity (Wildman–Crippen MR) is 52.5 cm³/mol. The van der Waals surface area contributed by atoms with Gasteiger partial charge in [0, 0.05) is 6.42 Å².